The lowest BCUT2D eigenvalue weighted by Gasteiger charge is -2.14. The van der Waals surface area contributed by atoms with Crippen molar-refractivity contribution in [3.8, 4) is 5.75 Å². The number of hydrogen-bond acceptors (Lipinski definition) is 3. The smallest absolute Gasteiger partial charge is 0.387 e. The maximum Gasteiger partial charge on any atom is 0.387 e. The predicted molar refractivity (Wildman–Crippen MR) is 82.8 cm³/mol. The van der Waals surface area contributed by atoms with Crippen LogP contribution in [0.2, 0.25) is 5.02 Å². The second-order valence-electron chi connectivity index (χ2n) is 4.33. The highest BCUT2D eigenvalue weighted by Crippen LogP contribution is 2.24. The van der Waals surface area contributed by atoms with Crippen molar-refractivity contribution < 1.29 is 18.3 Å². The fourth-order valence-electron chi connectivity index (χ4n) is 1.72. The molecule has 0 saturated carbocycles. The molecule has 1 rings (SSSR count). The van der Waals surface area contributed by atoms with Crippen molar-refractivity contribution in [2.24, 2.45) is 4.99 Å². The zero-order chi connectivity index (χ0) is 16.4. The number of alkyl halides is 2. The molecule has 0 heterocycles. The van der Waals surface area contributed by atoms with Crippen LogP contribution in [0.25, 0.3) is 0 Å². The highest BCUT2D eigenvalue weighted by atomic mass is 35.5. The molecule has 0 unspecified atom stereocenters. The molecule has 0 aliphatic rings. The summed E-state index contributed by atoms with van der Waals surface area (Å²) in [6, 6.07) is 4.49. The van der Waals surface area contributed by atoms with Crippen LogP contribution < -0.4 is 15.4 Å². The Bertz CT molecular complexity index is 487. The first-order chi connectivity index (χ1) is 10.6. The lowest BCUT2D eigenvalue weighted by atomic mass is 10.2. The van der Waals surface area contributed by atoms with E-state index in [-0.39, 0.29) is 12.3 Å². The lowest BCUT2D eigenvalue weighted by Crippen LogP contribution is -2.37. The van der Waals surface area contributed by atoms with Gasteiger partial charge in [0.15, 0.2) is 5.96 Å². The molecule has 0 saturated heterocycles. The summed E-state index contributed by atoms with van der Waals surface area (Å²) in [5, 5.41) is 6.55. The number of ether oxygens (including phenoxy) is 2. The van der Waals surface area contributed by atoms with Crippen molar-refractivity contribution in [1.82, 2.24) is 10.6 Å². The van der Waals surface area contributed by atoms with Crippen LogP contribution in [-0.4, -0.2) is 39.9 Å². The molecule has 1 aromatic carbocycles. The molecule has 0 aromatic heterocycles. The van der Waals surface area contributed by atoms with Crippen molar-refractivity contribution >= 4 is 17.6 Å². The van der Waals surface area contributed by atoms with Crippen LogP contribution in [0.5, 0.6) is 5.75 Å². The number of benzene rings is 1. The van der Waals surface area contributed by atoms with Crippen molar-refractivity contribution in [3.05, 3.63) is 28.8 Å². The fourth-order valence-corrected chi connectivity index (χ4v) is 1.91. The van der Waals surface area contributed by atoms with E-state index in [9.17, 15) is 8.78 Å². The Morgan fingerprint density at radius 3 is 2.77 bits per heavy atom. The Balaban J connectivity index is 2.59. The third kappa shape index (κ3) is 6.91. The molecule has 0 radical (unpaired) electrons. The molecule has 124 valence electrons. The number of aliphatic imine (C=N–C) groups is 1. The first-order valence-corrected chi connectivity index (χ1v) is 7.11. The standard InChI is InChI=1S/C14H20ClF2N3O2/c1-18-14(19-6-3-7-21-2)20-9-10-8-11(15)4-5-12(10)22-13(16)17/h4-5,8,13H,3,6-7,9H2,1-2H3,(H2,18,19,20). The molecule has 0 fully saturated rings. The zero-order valence-electron chi connectivity index (χ0n) is 12.5. The highest BCUT2D eigenvalue weighted by Gasteiger charge is 2.10. The lowest BCUT2D eigenvalue weighted by molar-refractivity contribution is -0.0504. The van der Waals surface area contributed by atoms with Crippen LogP contribution in [-0.2, 0) is 11.3 Å². The molecule has 0 spiro atoms. The van der Waals surface area contributed by atoms with Gasteiger partial charge < -0.3 is 20.1 Å². The SMILES string of the molecule is CN=C(NCCCOC)NCc1cc(Cl)ccc1OC(F)F. The van der Waals surface area contributed by atoms with Crippen LogP contribution >= 0.6 is 11.6 Å². The molecule has 22 heavy (non-hydrogen) atoms. The van der Waals surface area contributed by atoms with Gasteiger partial charge in [0.2, 0.25) is 0 Å². The van der Waals surface area contributed by atoms with Crippen LogP contribution in [0, 0.1) is 0 Å². The molecule has 2 N–H and O–H groups in total. The number of guanidine groups is 1. The second-order valence-corrected chi connectivity index (χ2v) is 4.77. The monoisotopic (exact) mass is 335 g/mol. The highest BCUT2D eigenvalue weighted by molar-refractivity contribution is 6.30. The van der Waals surface area contributed by atoms with E-state index in [1.165, 1.54) is 12.1 Å². The third-order valence-electron chi connectivity index (χ3n) is 2.73. The molecule has 1 aromatic rings. The zero-order valence-corrected chi connectivity index (χ0v) is 13.3. The van der Waals surface area contributed by atoms with Crippen molar-refractivity contribution in [2.45, 2.75) is 19.6 Å². The first-order valence-electron chi connectivity index (χ1n) is 6.73. The van der Waals surface area contributed by atoms with Gasteiger partial charge in [-0.2, -0.15) is 8.78 Å². The number of hydrogen-bond donors (Lipinski definition) is 2. The van der Waals surface area contributed by atoms with E-state index in [1.54, 1.807) is 20.2 Å². The Kier molecular flexibility index (Phi) is 8.54. The minimum Gasteiger partial charge on any atom is -0.434 e. The van der Waals surface area contributed by atoms with E-state index in [1.807, 2.05) is 0 Å². The van der Waals surface area contributed by atoms with Gasteiger partial charge in [0, 0.05) is 44.4 Å². The van der Waals surface area contributed by atoms with E-state index in [0.717, 1.165) is 6.42 Å². The Morgan fingerprint density at radius 1 is 1.36 bits per heavy atom. The maximum atomic E-state index is 12.4. The van der Waals surface area contributed by atoms with E-state index < -0.39 is 6.61 Å². The summed E-state index contributed by atoms with van der Waals surface area (Å²) in [7, 11) is 3.26. The van der Waals surface area contributed by atoms with Gasteiger partial charge in [-0.1, -0.05) is 11.6 Å². The summed E-state index contributed by atoms with van der Waals surface area (Å²) < 4.78 is 34.2. The summed E-state index contributed by atoms with van der Waals surface area (Å²) >= 11 is 5.89. The first kappa shape index (κ1) is 18.4. The average Bonchev–Trinajstić information content (AvgIpc) is 2.48. The maximum absolute atomic E-state index is 12.4. The van der Waals surface area contributed by atoms with Crippen LogP contribution in [0.15, 0.2) is 23.2 Å². The van der Waals surface area contributed by atoms with Gasteiger partial charge in [0.25, 0.3) is 0 Å². The van der Waals surface area contributed by atoms with Crippen LogP contribution in [0.4, 0.5) is 8.78 Å². The summed E-state index contributed by atoms with van der Waals surface area (Å²) in [6.07, 6.45) is 0.827. The van der Waals surface area contributed by atoms with Gasteiger partial charge in [0.1, 0.15) is 5.75 Å². The van der Waals surface area contributed by atoms with Crippen LogP contribution in [0.1, 0.15) is 12.0 Å². The minimum atomic E-state index is -2.88. The van der Waals surface area contributed by atoms with Gasteiger partial charge in [-0.15, -0.1) is 0 Å². The Hall–Kier alpha value is -1.60. The molecule has 0 aliphatic heterocycles. The van der Waals surface area contributed by atoms with Gasteiger partial charge in [0.05, 0.1) is 0 Å². The minimum absolute atomic E-state index is 0.0849. The van der Waals surface area contributed by atoms with Gasteiger partial charge in [-0.25, -0.2) is 0 Å². The topological polar surface area (TPSA) is 54.9 Å². The van der Waals surface area contributed by atoms with E-state index in [2.05, 4.69) is 20.4 Å². The van der Waals surface area contributed by atoms with Crippen molar-refractivity contribution in [2.75, 3.05) is 27.3 Å². The Morgan fingerprint density at radius 2 is 2.14 bits per heavy atom. The number of halogens is 3. The van der Waals surface area contributed by atoms with Gasteiger partial charge >= 0.3 is 6.61 Å². The molecule has 0 atom stereocenters. The van der Waals surface area contributed by atoms with Gasteiger partial charge in [-0.3, -0.25) is 4.99 Å². The molecule has 0 bridgehead atoms. The summed E-state index contributed by atoms with van der Waals surface area (Å²) in [5.74, 6) is 0.640. The summed E-state index contributed by atoms with van der Waals surface area (Å²) in [4.78, 5) is 4.05. The fraction of sp³-hybridized carbons (Fsp3) is 0.500. The molecule has 0 amide bonds. The normalized spacial score (nSPS) is 11.6. The Labute approximate surface area is 133 Å². The largest absolute Gasteiger partial charge is 0.434 e. The van der Waals surface area contributed by atoms with Crippen LogP contribution in [0.3, 0.4) is 0 Å². The van der Waals surface area contributed by atoms with E-state index in [0.29, 0.717) is 29.7 Å². The number of methoxy groups -OCH3 is 1. The number of nitrogens with one attached hydrogen (secondary N) is 2. The van der Waals surface area contributed by atoms with Gasteiger partial charge in [-0.05, 0) is 24.6 Å². The molecular formula is C14H20ClF2N3O2. The van der Waals surface area contributed by atoms with E-state index >= 15 is 0 Å². The average molecular weight is 336 g/mol. The molecular weight excluding hydrogens is 316 g/mol. The number of rotatable bonds is 8. The van der Waals surface area contributed by atoms with Crippen molar-refractivity contribution in [3.63, 3.8) is 0 Å². The number of nitrogens with zero attached hydrogens (tertiary/aromatic N) is 1. The third-order valence-corrected chi connectivity index (χ3v) is 2.96. The second kappa shape index (κ2) is 10.2. The van der Waals surface area contributed by atoms with Crippen molar-refractivity contribution in [1.29, 1.82) is 0 Å². The molecule has 8 heteroatoms. The molecule has 5 nitrogen and oxygen atoms in total. The quantitative estimate of drug-likeness (QED) is 0.435. The summed E-state index contributed by atoms with van der Waals surface area (Å²) in [5.41, 5.74) is 0.521. The van der Waals surface area contributed by atoms with E-state index in [4.69, 9.17) is 16.3 Å². The predicted octanol–water partition coefficient (Wildman–Crippen LogP) is 2.64. The molecule has 0 aliphatic carbocycles. The summed E-state index contributed by atoms with van der Waals surface area (Å²) in [6.45, 7) is -1.30.